The maximum absolute atomic E-state index is 8.44. The molecule has 3 nitrogen and oxygen atoms in total. The van der Waals surface area contributed by atoms with Crippen molar-refractivity contribution in [3.8, 4) is 0 Å². The molecular formula is C7H15NO2. The van der Waals surface area contributed by atoms with Crippen molar-refractivity contribution >= 4 is 0 Å². The molecule has 1 fully saturated rings. The van der Waals surface area contributed by atoms with Crippen LogP contribution in [0.1, 0.15) is 19.3 Å². The van der Waals surface area contributed by atoms with Gasteiger partial charge in [0.15, 0.2) is 0 Å². The van der Waals surface area contributed by atoms with E-state index in [0.29, 0.717) is 18.8 Å². The zero-order valence-corrected chi connectivity index (χ0v) is 6.12. The highest BCUT2D eigenvalue weighted by Gasteiger charge is 2.21. The highest BCUT2D eigenvalue weighted by atomic mass is 16.5. The molecule has 0 aromatic heterocycles. The summed E-state index contributed by atoms with van der Waals surface area (Å²) in [5, 5.41) is 8.44. The minimum Gasteiger partial charge on any atom is -0.394 e. The Morgan fingerprint density at radius 1 is 1.50 bits per heavy atom. The van der Waals surface area contributed by atoms with E-state index in [4.69, 9.17) is 15.6 Å². The summed E-state index contributed by atoms with van der Waals surface area (Å²) < 4.78 is 5.29. The largest absolute Gasteiger partial charge is 0.394 e. The molecule has 60 valence electrons. The first kappa shape index (κ1) is 7.98. The quantitative estimate of drug-likeness (QED) is 0.582. The van der Waals surface area contributed by atoms with Crippen LogP contribution in [0.25, 0.3) is 0 Å². The van der Waals surface area contributed by atoms with E-state index in [9.17, 15) is 0 Å². The Morgan fingerprint density at radius 2 is 2.30 bits per heavy atom. The smallest absolute Gasteiger partial charge is 0.0701 e. The standard InChI is InChI=1S/C7H15NO2/c8-6-1-2-7(5-6)10-4-3-9/h6-7,9H,1-5,8H2/t6-,7+/m0/s1. The van der Waals surface area contributed by atoms with Crippen LogP contribution in [0.15, 0.2) is 0 Å². The maximum Gasteiger partial charge on any atom is 0.0701 e. The van der Waals surface area contributed by atoms with E-state index in [-0.39, 0.29) is 6.61 Å². The van der Waals surface area contributed by atoms with Crippen LogP contribution in [0.2, 0.25) is 0 Å². The van der Waals surface area contributed by atoms with Crippen LogP contribution < -0.4 is 5.73 Å². The number of nitrogens with two attached hydrogens (primary N) is 1. The fourth-order valence-corrected chi connectivity index (χ4v) is 1.34. The first-order valence-corrected chi connectivity index (χ1v) is 3.81. The Morgan fingerprint density at radius 3 is 2.80 bits per heavy atom. The lowest BCUT2D eigenvalue weighted by atomic mass is 10.3. The van der Waals surface area contributed by atoms with E-state index >= 15 is 0 Å². The molecule has 1 saturated carbocycles. The van der Waals surface area contributed by atoms with Crippen LogP contribution in [-0.2, 0) is 4.74 Å². The van der Waals surface area contributed by atoms with Gasteiger partial charge in [-0.15, -0.1) is 0 Å². The minimum absolute atomic E-state index is 0.117. The molecule has 0 aromatic carbocycles. The molecule has 10 heavy (non-hydrogen) atoms. The van der Waals surface area contributed by atoms with Gasteiger partial charge in [-0.2, -0.15) is 0 Å². The van der Waals surface area contributed by atoms with Gasteiger partial charge in [0.1, 0.15) is 0 Å². The third-order valence-corrected chi connectivity index (χ3v) is 1.87. The van der Waals surface area contributed by atoms with Crippen molar-refractivity contribution < 1.29 is 9.84 Å². The van der Waals surface area contributed by atoms with Crippen LogP contribution in [-0.4, -0.2) is 30.5 Å². The SMILES string of the molecule is N[C@H]1CC[C@@H](OCCO)C1. The molecule has 0 amide bonds. The van der Waals surface area contributed by atoms with Crippen LogP contribution in [0.4, 0.5) is 0 Å². The summed E-state index contributed by atoms with van der Waals surface area (Å²) in [6.45, 7) is 0.573. The molecule has 0 radical (unpaired) electrons. The fraction of sp³-hybridized carbons (Fsp3) is 1.00. The summed E-state index contributed by atoms with van der Waals surface area (Å²) in [7, 11) is 0. The molecule has 2 atom stereocenters. The number of hydrogen-bond acceptors (Lipinski definition) is 3. The van der Waals surface area contributed by atoms with Gasteiger partial charge < -0.3 is 15.6 Å². The number of ether oxygens (including phenoxy) is 1. The van der Waals surface area contributed by atoms with Gasteiger partial charge in [-0.3, -0.25) is 0 Å². The molecule has 1 rings (SSSR count). The molecule has 1 aliphatic rings. The molecule has 1 aliphatic carbocycles. The summed E-state index contributed by atoms with van der Waals surface area (Å²) in [6, 6.07) is 0.323. The van der Waals surface area contributed by atoms with Crippen molar-refractivity contribution in [3.05, 3.63) is 0 Å². The van der Waals surface area contributed by atoms with Gasteiger partial charge >= 0.3 is 0 Å². The number of aliphatic hydroxyl groups is 1. The second kappa shape index (κ2) is 3.91. The van der Waals surface area contributed by atoms with E-state index in [1.54, 1.807) is 0 Å². The van der Waals surface area contributed by atoms with Crippen molar-refractivity contribution in [2.24, 2.45) is 5.73 Å². The Labute approximate surface area is 61.2 Å². The molecule has 0 spiro atoms. The van der Waals surface area contributed by atoms with Gasteiger partial charge in [0.2, 0.25) is 0 Å². The van der Waals surface area contributed by atoms with E-state index in [1.807, 2.05) is 0 Å². The first-order valence-electron chi connectivity index (χ1n) is 3.81. The summed E-state index contributed by atoms with van der Waals surface area (Å²) in [5.74, 6) is 0. The third kappa shape index (κ3) is 2.25. The summed E-state index contributed by atoms with van der Waals surface area (Å²) >= 11 is 0. The molecule has 0 aliphatic heterocycles. The van der Waals surface area contributed by atoms with Crippen LogP contribution in [0.5, 0.6) is 0 Å². The number of rotatable bonds is 3. The summed E-state index contributed by atoms with van der Waals surface area (Å²) in [6.07, 6.45) is 3.39. The van der Waals surface area contributed by atoms with Crippen LogP contribution in [0, 0.1) is 0 Å². The molecular weight excluding hydrogens is 130 g/mol. The minimum atomic E-state index is 0.117. The van der Waals surface area contributed by atoms with Crippen molar-refractivity contribution in [1.82, 2.24) is 0 Å². The predicted octanol–water partition coefficient (Wildman–Crippen LogP) is -0.125. The molecule has 0 unspecified atom stereocenters. The number of hydrogen-bond donors (Lipinski definition) is 2. The normalized spacial score (nSPS) is 33.0. The molecule has 0 bridgehead atoms. The third-order valence-electron chi connectivity index (χ3n) is 1.87. The predicted molar refractivity (Wildman–Crippen MR) is 38.7 cm³/mol. The van der Waals surface area contributed by atoms with Gasteiger partial charge in [0.25, 0.3) is 0 Å². The summed E-state index contributed by atoms with van der Waals surface area (Å²) in [5.41, 5.74) is 5.65. The molecule has 0 heterocycles. The van der Waals surface area contributed by atoms with Gasteiger partial charge in [-0.1, -0.05) is 0 Å². The van der Waals surface area contributed by atoms with E-state index in [1.165, 1.54) is 0 Å². The van der Waals surface area contributed by atoms with Gasteiger partial charge in [-0.05, 0) is 19.3 Å². The van der Waals surface area contributed by atoms with E-state index < -0.39 is 0 Å². The Bertz CT molecular complexity index is 97.6. The van der Waals surface area contributed by atoms with Crippen LogP contribution in [0.3, 0.4) is 0 Å². The first-order chi connectivity index (χ1) is 4.83. The zero-order chi connectivity index (χ0) is 7.40. The zero-order valence-electron chi connectivity index (χ0n) is 6.12. The van der Waals surface area contributed by atoms with E-state index in [0.717, 1.165) is 19.3 Å². The molecule has 3 N–H and O–H groups in total. The second-order valence-corrected chi connectivity index (χ2v) is 2.79. The Balaban J connectivity index is 2.06. The van der Waals surface area contributed by atoms with E-state index in [2.05, 4.69) is 0 Å². The fourth-order valence-electron chi connectivity index (χ4n) is 1.34. The Kier molecular flexibility index (Phi) is 3.12. The molecule has 0 saturated heterocycles. The molecule has 3 heteroatoms. The van der Waals surface area contributed by atoms with Crippen molar-refractivity contribution in [2.45, 2.75) is 31.4 Å². The topological polar surface area (TPSA) is 55.5 Å². The van der Waals surface area contributed by atoms with Gasteiger partial charge in [0, 0.05) is 6.04 Å². The van der Waals surface area contributed by atoms with Crippen molar-refractivity contribution in [3.63, 3.8) is 0 Å². The number of aliphatic hydroxyl groups excluding tert-OH is 1. The monoisotopic (exact) mass is 145 g/mol. The lowest BCUT2D eigenvalue weighted by molar-refractivity contribution is 0.0324. The maximum atomic E-state index is 8.44. The van der Waals surface area contributed by atoms with Gasteiger partial charge in [0.05, 0.1) is 19.3 Å². The van der Waals surface area contributed by atoms with Crippen LogP contribution >= 0.6 is 0 Å². The summed E-state index contributed by atoms with van der Waals surface area (Å²) in [4.78, 5) is 0. The average molecular weight is 145 g/mol. The lowest BCUT2D eigenvalue weighted by Gasteiger charge is -2.08. The highest BCUT2D eigenvalue weighted by molar-refractivity contribution is 4.77. The van der Waals surface area contributed by atoms with Crippen molar-refractivity contribution in [2.75, 3.05) is 13.2 Å². The van der Waals surface area contributed by atoms with Gasteiger partial charge in [-0.25, -0.2) is 0 Å². The average Bonchev–Trinajstić information content (AvgIpc) is 2.31. The second-order valence-electron chi connectivity index (χ2n) is 2.79. The molecule has 0 aromatic rings. The lowest BCUT2D eigenvalue weighted by Crippen LogP contribution is -2.18. The highest BCUT2D eigenvalue weighted by Crippen LogP contribution is 2.19. The van der Waals surface area contributed by atoms with Crippen molar-refractivity contribution in [1.29, 1.82) is 0 Å². The Hall–Kier alpha value is -0.120.